The van der Waals surface area contributed by atoms with Crippen LogP contribution in [0.5, 0.6) is 0 Å². The molecule has 0 spiro atoms. The highest BCUT2D eigenvalue weighted by atomic mass is 15.5. The second kappa shape index (κ2) is 4.41. The number of hydrogen-bond donors (Lipinski definition) is 1. The van der Waals surface area contributed by atoms with E-state index in [9.17, 15) is 0 Å². The Morgan fingerprint density at radius 1 is 1.35 bits per heavy atom. The van der Waals surface area contributed by atoms with Gasteiger partial charge in [-0.3, -0.25) is 0 Å². The van der Waals surface area contributed by atoms with Crippen LogP contribution in [-0.2, 0) is 6.42 Å². The van der Waals surface area contributed by atoms with Gasteiger partial charge in [0.1, 0.15) is 0 Å². The molecule has 1 aromatic heterocycles. The third-order valence-corrected chi connectivity index (χ3v) is 4.31. The van der Waals surface area contributed by atoms with Gasteiger partial charge in [0.15, 0.2) is 0 Å². The molecule has 0 saturated heterocycles. The summed E-state index contributed by atoms with van der Waals surface area (Å²) >= 11 is 0. The Morgan fingerprint density at radius 3 is 2.65 bits per heavy atom. The van der Waals surface area contributed by atoms with E-state index in [-0.39, 0.29) is 0 Å². The molecule has 2 aliphatic rings. The molecule has 4 heteroatoms. The molecule has 94 valence electrons. The monoisotopic (exact) mass is 234 g/mol. The molecule has 2 saturated carbocycles. The summed E-state index contributed by atoms with van der Waals surface area (Å²) in [7, 11) is 0. The molecule has 2 aliphatic carbocycles. The minimum atomic E-state index is 0.615. The van der Waals surface area contributed by atoms with Crippen molar-refractivity contribution >= 4 is 0 Å². The molecule has 2 unspecified atom stereocenters. The van der Waals surface area contributed by atoms with Crippen molar-refractivity contribution in [3.8, 4) is 0 Å². The molecule has 1 heterocycles. The number of rotatable bonds is 4. The molecule has 0 bridgehead atoms. The maximum atomic E-state index is 5.68. The lowest BCUT2D eigenvalue weighted by Gasteiger charge is -2.13. The first kappa shape index (κ1) is 11.2. The van der Waals surface area contributed by atoms with Gasteiger partial charge in [0.05, 0.1) is 17.4 Å². The molecule has 0 amide bonds. The molecule has 17 heavy (non-hydrogen) atoms. The minimum Gasteiger partial charge on any atom is -0.330 e. The highest BCUT2D eigenvalue weighted by Gasteiger charge is 2.39. The van der Waals surface area contributed by atoms with Crippen molar-refractivity contribution in [1.82, 2.24) is 15.0 Å². The molecule has 0 aromatic carbocycles. The van der Waals surface area contributed by atoms with Gasteiger partial charge in [-0.05, 0) is 31.7 Å². The fourth-order valence-electron chi connectivity index (χ4n) is 3.16. The van der Waals surface area contributed by atoms with Crippen molar-refractivity contribution < 1.29 is 0 Å². The summed E-state index contributed by atoms with van der Waals surface area (Å²) in [4.78, 5) is 0. The summed E-state index contributed by atoms with van der Waals surface area (Å²) in [5.74, 6) is 1.47. The van der Waals surface area contributed by atoms with Crippen molar-refractivity contribution in [1.29, 1.82) is 0 Å². The molecule has 1 aromatic rings. The van der Waals surface area contributed by atoms with Crippen LogP contribution in [0.2, 0.25) is 0 Å². The van der Waals surface area contributed by atoms with Crippen molar-refractivity contribution in [2.75, 3.05) is 6.54 Å². The first-order chi connectivity index (χ1) is 8.31. The Morgan fingerprint density at radius 2 is 2.06 bits per heavy atom. The quantitative estimate of drug-likeness (QED) is 0.867. The van der Waals surface area contributed by atoms with E-state index in [0.717, 1.165) is 12.3 Å². The van der Waals surface area contributed by atoms with Crippen LogP contribution in [0.15, 0.2) is 0 Å². The second-order valence-electron chi connectivity index (χ2n) is 5.67. The Kier molecular flexibility index (Phi) is 2.90. The van der Waals surface area contributed by atoms with Crippen LogP contribution in [0.1, 0.15) is 62.4 Å². The predicted molar refractivity (Wildman–Crippen MR) is 66.8 cm³/mol. The number of aromatic nitrogens is 3. The maximum absolute atomic E-state index is 5.68. The average Bonchev–Trinajstić information content (AvgIpc) is 2.77. The zero-order valence-corrected chi connectivity index (χ0v) is 10.6. The van der Waals surface area contributed by atoms with Gasteiger partial charge in [-0.25, -0.2) is 4.68 Å². The SMILES string of the molecule is CC1CC1n1nnc(CCN)c1C1CCCC1. The van der Waals surface area contributed by atoms with E-state index in [0.29, 0.717) is 18.5 Å². The zero-order valence-electron chi connectivity index (χ0n) is 10.6. The topological polar surface area (TPSA) is 56.7 Å². The van der Waals surface area contributed by atoms with Crippen LogP contribution in [0.4, 0.5) is 0 Å². The molecule has 2 atom stereocenters. The smallest absolute Gasteiger partial charge is 0.0874 e. The van der Waals surface area contributed by atoms with Crippen LogP contribution >= 0.6 is 0 Å². The highest BCUT2D eigenvalue weighted by molar-refractivity contribution is 5.19. The van der Waals surface area contributed by atoms with Crippen molar-refractivity contribution in [3.63, 3.8) is 0 Å². The largest absolute Gasteiger partial charge is 0.330 e. The third kappa shape index (κ3) is 1.99. The number of hydrogen-bond acceptors (Lipinski definition) is 3. The molecule has 4 nitrogen and oxygen atoms in total. The van der Waals surface area contributed by atoms with Crippen LogP contribution in [0, 0.1) is 5.92 Å². The molecule has 3 rings (SSSR count). The summed E-state index contributed by atoms with van der Waals surface area (Å²) in [5.41, 5.74) is 8.26. The summed E-state index contributed by atoms with van der Waals surface area (Å²) in [6.07, 6.45) is 7.49. The first-order valence-electron chi connectivity index (χ1n) is 6.95. The van der Waals surface area contributed by atoms with Gasteiger partial charge in [0.25, 0.3) is 0 Å². The first-order valence-corrected chi connectivity index (χ1v) is 6.95. The van der Waals surface area contributed by atoms with Gasteiger partial charge in [-0.15, -0.1) is 5.10 Å². The van der Waals surface area contributed by atoms with E-state index in [4.69, 9.17) is 5.73 Å². The van der Waals surface area contributed by atoms with Crippen molar-refractivity contribution in [2.45, 2.75) is 57.4 Å². The van der Waals surface area contributed by atoms with Gasteiger partial charge < -0.3 is 5.73 Å². The predicted octanol–water partition coefficient (Wildman–Crippen LogP) is 2.02. The average molecular weight is 234 g/mol. The molecular weight excluding hydrogens is 212 g/mol. The van der Waals surface area contributed by atoms with Crippen molar-refractivity contribution in [3.05, 3.63) is 11.4 Å². The lowest BCUT2D eigenvalue weighted by molar-refractivity contribution is 0.523. The minimum absolute atomic E-state index is 0.615. The molecular formula is C13H22N4. The van der Waals surface area contributed by atoms with Crippen LogP contribution < -0.4 is 5.73 Å². The van der Waals surface area contributed by atoms with Gasteiger partial charge in [0.2, 0.25) is 0 Å². The van der Waals surface area contributed by atoms with E-state index in [2.05, 4.69) is 21.9 Å². The molecule has 2 fully saturated rings. The lowest BCUT2D eigenvalue weighted by Crippen LogP contribution is -2.11. The second-order valence-corrected chi connectivity index (χ2v) is 5.67. The van der Waals surface area contributed by atoms with E-state index in [1.165, 1.54) is 43.5 Å². The zero-order chi connectivity index (χ0) is 11.8. The molecule has 2 N–H and O–H groups in total. The fourth-order valence-corrected chi connectivity index (χ4v) is 3.16. The van der Waals surface area contributed by atoms with E-state index >= 15 is 0 Å². The van der Waals surface area contributed by atoms with Crippen LogP contribution in [0.25, 0.3) is 0 Å². The molecule has 0 aliphatic heterocycles. The van der Waals surface area contributed by atoms with Gasteiger partial charge in [-0.2, -0.15) is 0 Å². The standard InChI is InChI=1S/C13H22N4/c1-9-8-12(9)17-13(10-4-2-3-5-10)11(6-7-14)15-16-17/h9-10,12H,2-8,14H2,1H3. The maximum Gasteiger partial charge on any atom is 0.0874 e. The summed E-state index contributed by atoms with van der Waals surface area (Å²) in [6.45, 7) is 2.98. The Hall–Kier alpha value is -0.900. The highest BCUT2D eigenvalue weighted by Crippen LogP contribution is 2.46. The Labute approximate surface area is 103 Å². The van der Waals surface area contributed by atoms with E-state index in [1.54, 1.807) is 0 Å². The lowest BCUT2D eigenvalue weighted by atomic mass is 10.0. The van der Waals surface area contributed by atoms with Gasteiger partial charge >= 0.3 is 0 Å². The van der Waals surface area contributed by atoms with Gasteiger partial charge in [-0.1, -0.05) is 25.0 Å². The van der Waals surface area contributed by atoms with E-state index in [1.807, 2.05) is 0 Å². The Balaban J connectivity index is 1.91. The molecule has 0 radical (unpaired) electrons. The summed E-state index contributed by atoms with van der Waals surface area (Å²) in [5, 5.41) is 8.78. The van der Waals surface area contributed by atoms with Gasteiger partial charge in [0, 0.05) is 12.3 Å². The van der Waals surface area contributed by atoms with E-state index < -0.39 is 0 Å². The third-order valence-electron chi connectivity index (χ3n) is 4.31. The van der Waals surface area contributed by atoms with Crippen LogP contribution in [-0.4, -0.2) is 21.5 Å². The van der Waals surface area contributed by atoms with Crippen molar-refractivity contribution in [2.24, 2.45) is 11.7 Å². The Bertz CT molecular complexity index is 392. The summed E-state index contributed by atoms with van der Waals surface area (Å²) in [6, 6.07) is 0.615. The number of nitrogens with two attached hydrogens (primary N) is 1. The number of nitrogens with zero attached hydrogens (tertiary/aromatic N) is 3. The summed E-state index contributed by atoms with van der Waals surface area (Å²) < 4.78 is 2.23. The normalized spacial score (nSPS) is 28.8. The fraction of sp³-hybridized carbons (Fsp3) is 0.846. The van der Waals surface area contributed by atoms with Crippen LogP contribution in [0.3, 0.4) is 0 Å².